The third-order valence-corrected chi connectivity index (χ3v) is 7.63. The first-order chi connectivity index (χ1) is 17.0. The van der Waals surface area contributed by atoms with Gasteiger partial charge in [0.25, 0.3) is 0 Å². The molecule has 9 heteroatoms. The van der Waals surface area contributed by atoms with Crippen LogP contribution in [0.3, 0.4) is 0 Å². The number of H-pyrrole nitrogens is 1. The molecule has 186 valence electrons. The summed E-state index contributed by atoms with van der Waals surface area (Å²) in [6.45, 7) is 5.38. The molecule has 0 radical (unpaired) electrons. The largest absolute Gasteiger partial charge is 0.481 e. The molecule has 0 unspecified atom stereocenters. The molecule has 2 heterocycles. The monoisotopic (exact) mass is 494 g/mol. The Morgan fingerprint density at radius 1 is 1.31 bits per heavy atom. The summed E-state index contributed by atoms with van der Waals surface area (Å²) in [7, 11) is 0. The smallest absolute Gasteiger partial charge is 0.309 e. The number of carbonyl (C=O) groups is 1. The second kappa shape index (κ2) is 8.12. The van der Waals surface area contributed by atoms with Crippen LogP contribution in [0, 0.1) is 34.2 Å². The fraction of sp³-hybridized carbons (Fsp3) is 0.370. The minimum atomic E-state index is -1.05. The van der Waals surface area contributed by atoms with Crippen LogP contribution in [0.15, 0.2) is 30.5 Å². The van der Waals surface area contributed by atoms with Gasteiger partial charge in [0.05, 0.1) is 23.2 Å². The standard InChI is InChI=1S/C27H25F3N4O2/c1-26(2,8-9-31)24-20(14-6-7-27(3,12-14)25(35)36)21-19(10-15-13-32-33-23(15)22(21)30)34(24)16-4-5-17(28)18(29)11-16/h4-5,10-11,13-14H,6-8,12H2,1-3H3,(H,32,33)(H,35,36)/t14-,27-/m1/s1. The van der Waals surface area contributed by atoms with Gasteiger partial charge in [-0.3, -0.25) is 9.89 Å². The van der Waals surface area contributed by atoms with Crippen LogP contribution in [0.2, 0.25) is 0 Å². The number of nitrogens with zero attached hydrogens (tertiary/aromatic N) is 3. The van der Waals surface area contributed by atoms with Gasteiger partial charge in [0.2, 0.25) is 0 Å². The number of carboxylic acid groups (broad SMARTS) is 1. The number of carboxylic acids is 1. The van der Waals surface area contributed by atoms with Crippen molar-refractivity contribution in [3.63, 3.8) is 0 Å². The van der Waals surface area contributed by atoms with Gasteiger partial charge in [-0.2, -0.15) is 10.4 Å². The van der Waals surface area contributed by atoms with Crippen molar-refractivity contribution in [2.45, 2.75) is 57.8 Å². The van der Waals surface area contributed by atoms with Gasteiger partial charge in [-0.15, -0.1) is 0 Å². The maximum absolute atomic E-state index is 16.2. The minimum Gasteiger partial charge on any atom is -0.481 e. The molecule has 0 spiro atoms. The van der Waals surface area contributed by atoms with Crippen molar-refractivity contribution in [1.29, 1.82) is 5.26 Å². The van der Waals surface area contributed by atoms with Crippen molar-refractivity contribution in [2.24, 2.45) is 5.41 Å². The zero-order chi connectivity index (χ0) is 26.0. The van der Waals surface area contributed by atoms with E-state index in [0.717, 1.165) is 12.1 Å². The Bertz CT molecular complexity index is 1580. The SMILES string of the molecule is CC(C)(CC#N)c1c([C@@H]2CC[C@@](C)(C(=O)O)C2)c2c(F)c3[nH]ncc3cc2n1-c1ccc(F)c(F)c1. The molecule has 2 N–H and O–H groups in total. The fourth-order valence-corrected chi connectivity index (χ4v) is 5.75. The molecule has 0 bridgehead atoms. The topological polar surface area (TPSA) is 94.7 Å². The van der Waals surface area contributed by atoms with E-state index in [2.05, 4.69) is 16.3 Å². The molecule has 36 heavy (non-hydrogen) atoms. The third kappa shape index (κ3) is 3.47. The second-order valence-electron chi connectivity index (χ2n) is 10.6. The summed E-state index contributed by atoms with van der Waals surface area (Å²) in [5.41, 5.74) is 0.300. The van der Waals surface area contributed by atoms with Crippen LogP contribution >= 0.6 is 0 Å². The van der Waals surface area contributed by atoms with E-state index in [9.17, 15) is 23.9 Å². The molecule has 6 nitrogen and oxygen atoms in total. The first-order valence-electron chi connectivity index (χ1n) is 11.7. The molecule has 1 saturated carbocycles. The lowest BCUT2D eigenvalue weighted by molar-refractivity contribution is -0.147. The number of nitrogens with one attached hydrogen (secondary N) is 1. The van der Waals surface area contributed by atoms with Crippen LogP contribution < -0.4 is 0 Å². The lowest BCUT2D eigenvalue weighted by Crippen LogP contribution is -2.25. The van der Waals surface area contributed by atoms with E-state index < -0.39 is 34.3 Å². The summed E-state index contributed by atoms with van der Waals surface area (Å²) < 4.78 is 46.2. The van der Waals surface area contributed by atoms with Gasteiger partial charge in [0.1, 0.15) is 5.52 Å². The molecule has 2 aromatic carbocycles. The zero-order valence-electron chi connectivity index (χ0n) is 20.1. The molecule has 2 aromatic heterocycles. The Morgan fingerprint density at radius 2 is 2.06 bits per heavy atom. The zero-order valence-corrected chi connectivity index (χ0v) is 20.1. The van der Waals surface area contributed by atoms with Gasteiger partial charge in [-0.05, 0) is 55.9 Å². The summed E-state index contributed by atoms with van der Waals surface area (Å²) in [6.07, 6.45) is 2.77. The number of halogens is 3. The Hall–Kier alpha value is -3.80. The summed E-state index contributed by atoms with van der Waals surface area (Å²) in [4.78, 5) is 12.0. The molecule has 0 amide bonds. The van der Waals surface area contributed by atoms with Crippen LogP contribution in [-0.2, 0) is 10.2 Å². The summed E-state index contributed by atoms with van der Waals surface area (Å²) in [5, 5.41) is 26.9. The van der Waals surface area contributed by atoms with E-state index in [1.165, 1.54) is 12.3 Å². The van der Waals surface area contributed by atoms with Crippen molar-refractivity contribution < 1.29 is 23.1 Å². The van der Waals surface area contributed by atoms with Crippen molar-refractivity contribution in [3.05, 3.63) is 59.2 Å². The number of fused-ring (bicyclic) bond motifs is 2. The average molecular weight is 495 g/mol. The van der Waals surface area contributed by atoms with E-state index >= 15 is 4.39 Å². The first kappa shape index (κ1) is 23.9. The lowest BCUT2D eigenvalue weighted by Gasteiger charge is -2.28. The quantitative estimate of drug-likeness (QED) is 0.332. The number of hydrogen-bond acceptors (Lipinski definition) is 3. The van der Waals surface area contributed by atoms with Gasteiger partial charge in [0.15, 0.2) is 17.5 Å². The maximum Gasteiger partial charge on any atom is 0.309 e. The van der Waals surface area contributed by atoms with Crippen LogP contribution in [0.5, 0.6) is 0 Å². The molecule has 1 aliphatic rings. The van der Waals surface area contributed by atoms with Crippen molar-refractivity contribution in [3.8, 4) is 11.8 Å². The van der Waals surface area contributed by atoms with Gasteiger partial charge < -0.3 is 9.67 Å². The predicted octanol–water partition coefficient (Wildman–Crippen LogP) is 6.47. The first-order valence-corrected chi connectivity index (χ1v) is 11.7. The molecule has 5 rings (SSSR count). The Labute approximate surface area is 205 Å². The highest BCUT2D eigenvalue weighted by atomic mass is 19.2. The Kier molecular flexibility index (Phi) is 5.39. The lowest BCUT2D eigenvalue weighted by atomic mass is 9.78. The highest BCUT2D eigenvalue weighted by Crippen LogP contribution is 2.53. The van der Waals surface area contributed by atoms with E-state index in [1.807, 2.05) is 13.8 Å². The normalized spacial score (nSPS) is 20.3. The molecule has 0 saturated heterocycles. The summed E-state index contributed by atoms with van der Waals surface area (Å²) >= 11 is 0. The molecule has 2 atom stereocenters. The number of benzene rings is 2. The molecule has 1 aliphatic carbocycles. The predicted molar refractivity (Wildman–Crippen MR) is 128 cm³/mol. The summed E-state index contributed by atoms with van der Waals surface area (Å²) in [5.74, 6) is -3.84. The van der Waals surface area contributed by atoms with Crippen LogP contribution in [0.25, 0.3) is 27.5 Å². The Balaban J connectivity index is 1.94. The van der Waals surface area contributed by atoms with Gasteiger partial charge in [0, 0.05) is 40.1 Å². The highest BCUT2D eigenvalue weighted by molar-refractivity contribution is 6.00. The Morgan fingerprint density at radius 3 is 2.69 bits per heavy atom. The van der Waals surface area contributed by atoms with E-state index in [-0.39, 0.29) is 35.3 Å². The van der Waals surface area contributed by atoms with Crippen LogP contribution in [0.4, 0.5) is 13.2 Å². The fourth-order valence-electron chi connectivity index (χ4n) is 5.75. The number of hydrogen-bond donors (Lipinski definition) is 2. The third-order valence-electron chi connectivity index (χ3n) is 7.63. The molecule has 0 aliphatic heterocycles. The molecular formula is C27H25F3N4O2. The molecular weight excluding hydrogens is 469 g/mol. The molecule has 1 fully saturated rings. The van der Waals surface area contributed by atoms with Crippen molar-refractivity contribution in [2.75, 3.05) is 0 Å². The second-order valence-corrected chi connectivity index (χ2v) is 10.6. The van der Waals surface area contributed by atoms with Gasteiger partial charge in [-0.1, -0.05) is 13.8 Å². The van der Waals surface area contributed by atoms with E-state index in [4.69, 9.17) is 0 Å². The number of aliphatic carboxylic acids is 1. The minimum absolute atomic E-state index is 0.0734. The number of aromatic amines is 1. The molecule has 4 aromatic rings. The van der Waals surface area contributed by atoms with Crippen LogP contribution in [-0.4, -0.2) is 25.8 Å². The van der Waals surface area contributed by atoms with E-state index in [0.29, 0.717) is 35.0 Å². The van der Waals surface area contributed by atoms with Crippen molar-refractivity contribution >= 4 is 27.8 Å². The summed E-state index contributed by atoms with van der Waals surface area (Å²) in [6, 6.07) is 7.41. The maximum atomic E-state index is 16.2. The number of aromatic nitrogens is 3. The van der Waals surface area contributed by atoms with Crippen molar-refractivity contribution in [1.82, 2.24) is 14.8 Å². The number of nitriles is 1. The van der Waals surface area contributed by atoms with E-state index in [1.54, 1.807) is 17.6 Å². The number of rotatable bonds is 5. The van der Waals surface area contributed by atoms with Crippen LogP contribution in [0.1, 0.15) is 63.6 Å². The van der Waals surface area contributed by atoms with Gasteiger partial charge >= 0.3 is 5.97 Å². The average Bonchev–Trinajstić information content (AvgIpc) is 3.52. The van der Waals surface area contributed by atoms with Gasteiger partial charge in [-0.25, -0.2) is 13.2 Å². The highest BCUT2D eigenvalue weighted by Gasteiger charge is 2.45.